The first-order chi connectivity index (χ1) is 31.0. The average Bonchev–Trinajstić information content (AvgIpc) is 3.49. The fourth-order valence-corrected chi connectivity index (χ4v) is 0. The highest BCUT2D eigenvalue weighted by Crippen LogP contribution is 1.59. The number of hydrogen-bond donors (Lipinski definition) is 60. The minimum Gasteiger partial charge on any atom is -0.320 e. The van der Waals surface area contributed by atoms with Crippen molar-refractivity contribution in [3.05, 3.63) is 0 Å². The van der Waals surface area contributed by atoms with Crippen molar-refractivity contribution >= 4 is 10.4 Å². The minimum absolute atomic E-state index is 3.50. The normalized spacial score (nSPS) is 3.68. The number of nitrogens with two attached hydrogens (primary N) is 29. The standard InChI is InChI=1S/29H3NO.H2O4S/c29*1-2;1-5(2,3)4/h29*2H,1H2;(H2,1,2,3,4). The molecule has 438 valence electrons. The predicted octanol–water partition coefficient (Wildman–Crippen LogP) is -20.0. The second-order valence-electron chi connectivity index (χ2n) is 0.448. The van der Waals surface area contributed by atoms with Crippen LogP contribution in [0.5, 0.6) is 0 Å². The Kier molecular flexibility index (Phi) is 59200. The molecule has 0 aromatic rings. The Morgan fingerprint density at radius 3 is 0.127 bits per heavy atom. The molecule has 0 spiro atoms. The second-order valence-corrected chi connectivity index (χ2v) is 1.34. The van der Waals surface area contributed by atoms with Gasteiger partial charge in [0.05, 0.1) is 0 Å². The van der Waals surface area contributed by atoms with Crippen LogP contribution in [0.15, 0.2) is 0 Å². The van der Waals surface area contributed by atoms with E-state index in [0.717, 1.165) is 0 Å². The molecule has 0 saturated heterocycles. The summed E-state index contributed by atoms with van der Waals surface area (Å²) in [5, 5.41) is 188. The Morgan fingerprint density at radius 1 is 0.127 bits per heavy atom. The maximum Gasteiger partial charge on any atom is 0.394 e. The lowest BCUT2D eigenvalue weighted by Crippen LogP contribution is -1.89. The van der Waals surface area contributed by atoms with Gasteiger partial charge in [0, 0.05) is 0 Å². The first-order valence-corrected chi connectivity index (χ1v) is 9.58. The Labute approximate surface area is 351 Å². The van der Waals surface area contributed by atoms with E-state index in [2.05, 4.69) is 171 Å². The maximum absolute atomic E-state index is 8.74. The lowest BCUT2D eigenvalue weighted by molar-refractivity contribution is 0.311. The Balaban J connectivity index is -0.00000000642. The molecule has 0 unspecified atom stereocenters. The van der Waals surface area contributed by atoms with Crippen LogP contribution in [0.1, 0.15) is 0 Å². The van der Waals surface area contributed by atoms with Gasteiger partial charge in [-0.2, -0.15) is 8.42 Å². The van der Waals surface area contributed by atoms with Crippen molar-refractivity contribution in [2.24, 2.45) is 171 Å². The van der Waals surface area contributed by atoms with Crippen LogP contribution in [-0.2, 0) is 10.4 Å². The van der Waals surface area contributed by atoms with E-state index in [1.807, 2.05) is 0 Å². The third-order valence-electron chi connectivity index (χ3n) is 0. The van der Waals surface area contributed by atoms with E-state index in [0.29, 0.717) is 0 Å². The summed E-state index contributed by atoms with van der Waals surface area (Å²) in [7, 11) is -4.67. The van der Waals surface area contributed by atoms with Crippen molar-refractivity contribution in [3.8, 4) is 0 Å². The highest BCUT2D eigenvalue weighted by molar-refractivity contribution is 7.79. The van der Waals surface area contributed by atoms with Gasteiger partial charge in [-0.05, 0) is 0 Å². The van der Waals surface area contributed by atoms with E-state index < -0.39 is 10.4 Å². The molecule has 0 rings (SSSR count). The molecule has 62 nitrogen and oxygen atoms in total. The van der Waals surface area contributed by atoms with Gasteiger partial charge >= 0.3 is 10.4 Å². The highest BCUT2D eigenvalue weighted by Gasteiger charge is 1.84. The van der Waals surface area contributed by atoms with Crippen molar-refractivity contribution in [1.29, 1.82) is 0 Å². The number of rotatable bonds is 0. The van der Waals surface area contributed by atoms with Gasteiger partial charge in [-0.1, -0.05) is 0 Å². The molecule has 63 heavy (non-hydrogen) atoms. The highest BCUT2D eigenvalue weighted by atomic mass is 32.3. The number of hydrogen-bond acceptors (Lipinski definition) is 60. The van der Waals surface area contributed by atoms with Gasteiger partial charge in [-0.25, -0.2) is 171 Å². The molecule has 0 fully saturated rings. The smallest absolute Gasteiger partial charge is 0.320 e. The van der Waals surface area contributed by atoms with E-state index in [4.69, 9.17) is 169 Å². The van der Waals surface area contributed by atoms with Gasteiger partial charge in [0.2, 0.25) is 0 Å². The van der Waals surface area contributed by atoms with Crippen LogP contribution in [0.4, 0.5) is 0 Å². The van der Waals surface area contributed by atoms with Crippen molar-refractivity contribution in [3.63, 3.8) is 0 Å². The van der Waals surface area contributed by atoms with Crippen molar-refractivity contribution in [2.45, 2.75) is 0 Å². The molecule has 89 N–H and O–H groups in total. The molecular weight excluding hydrogens is 966 g/mol. The minimum atomic E-state index is -4.67. The fourth-order valence-electron chi connectivity index (χ4n) is 0. The maximum atomic E-state index is 8.74. The summed E-state index contributed by atoms with van der Waals surface area (Å²) in [6, 6.07) is 0. The molecule has 0 heterocycles. The van der Waals surface area contributed by atoms with E-state index >= 15 is 0 Å². The van der Waals surface area contributed by atoms with Crippen LogP contribution in [-0.4, -0.2) is 169 Å². The lowest BCUT2D eigenvalue weighted by Gasteiger charge is -1.68. The molecule has 0 aromatic carbocycles. The zero-order chi connectivity index (χ0) is 62.5. The van der Waals surface area contributed by atoms with Gasteiger partial charge < -0.3 is 151 Å². The van der Waals surface area contributed by atoms with Crippen LogP contribution in [0.3, 0.4) is 0 Å². The summed E-state index contributed by atoms with van der Waals surface area (Å²) in [4.78, 5) is 0. The molecule has 0 amide bonds. The quantitative estimate of drug-likeness (QED) is 0.0791. The zero-order valence-corrected chi connectivity index (χ0v) is 32.6. The Morgan fingerprint density at radius 2 is 0.127 bits per heavy atom. The molecule has 0 aliphatic rings. The van der Waals surface area contributed by atoms with E-state index in [1.54, 1.807) is 0 Å². The third kappa shape index (κ3) is 32900. The topological polar surface area (TPSA) is 1420 Å². The lowest BCUT2D eigenvalue weighted by atomic mass is 13.6. The largest absolute Gasteiger partial charge is 0.394 e. The van der Waals surface area contributed by atoms with Gasteiger partial charge in [0.15, 0.2) is 0 Å². The van der Waals surface area contributed by atoms with Gasteiger partial charge in [-0.15, -0.1) is 0 Å². The molecule has 0 bridgehead atoms. The zero-order valence-electron chi connectivity index (χ0n) is 31.8. The molecule has 0 atom stereocenters. The second kappa shape index (κ2) is 16200. The monoisotopic (exact) mass is 1060 g/mol. The van der Waals surface area contributed by atoms with Crippen LogP contribution in [0.25, 0.3) is 0 Å². The van der Waals surface area contributed by atoms with Gasteiger partial charge in [-0.3, -0.25) is 9.11 Å². The summed E-state index contributed by atoms with van der Waals surface area (Å²) in [5.41, 5.74) is 0. The van der Waals surface area contributed by atoms with E-state index in [-0.39, 0.29) is 0 Å². The Bertz CT molecular complexity index is 152. The van der Waals surface area contributed by atoms with Crippen molar-refractivity contribution < 1.29 is 169 Å². The molecule has 0 aliphatic carbocycles. The first-order valence-electron chi connectivity index (χ1n) is 8.19. The summed E-state index contributed by atoms with van der Waals surface area (Å²) < 4.78 is 31.6. The van der Waals surface area contributed by atoms with Crippen LogP contribution >= 0.6 is 0 Å². The van der Waals surface area contributed by atoms with E-state index in [1.165, 1.54) is 0 Å². The summed E-state index contributed by atoms with van der Waals surface area (Å²) >= 11 is 0. The molecular formula is H89N29O33S. The van der Waals surface area contributed by atoms with Crippen molar-refractivity contribution in [1.82, 2.24) is 0 Å². The van der Waals surface area contributed by atoms with Crippen molar-refractivity contribution in [2.75, 3.05) is 0 Å². The molecule has 63 heteroatoms. The van der Waals surface area contributed by atoms with Crippen LogP contribution in [0, 0.1) is 0 Å². The Hall–Kier alpha value is -2.45. The van der Waals surface area contributed by atoms with Crippen LogP contribution in [0.2, 0.25) is 0 Å². The third-order valence-corrected chi connectivity index (χ3v) is 0. The SMILES string of the molecule is NO.NO.NO.NO.NO.NO.NO.NO.NO.NO.NO.NO.NO.NO.NO.NO.NO.NO.NO.NO.NO.NO.NO.NO.NO.NO.NO.NO.NO.O=S(=O)(O)O. The molecule has 0 saturated carbocycles. The molecule has 0 radical (unpaired) electrons. The van der Waals surface area contributed by atoms with Crippen LogP contribution < -0.4 is 171 Å². The molecule has 0 aliphatic heterocycles. The fraction of sp³-hybridized carbons (Fsp3) is 0. The molecule has 0 aromatic heterocycles. The summed E-state index contributed by atoms with van der Waals surface area (Å²) in [6.45, 7) is 0. The van der Waals surface area contributed by atoms with Gasteiger partial charge in [0.1, 0.15) is 0 Å². The predicted molar refractivity (Wildman–Crippen MR) is 187 cm³/mol. The summed E-state index contributed by atoms with van der Waals surface area (Å²) in [6.07, 6.45) is 0. The first kappa shape index (κ1) is 230. The average molecular weight is 1060 g/mol. The van der Waals surface area contributed by atoms with E-state index in [9.17, 15) is 0 Å². The summed E-state index contributed by atoms with van der Waals surface area (Å²) in [5.74, 6) is 102. The van der Waals surface area contributed by atoms with Gasteiger partial charge in [0.25, 0.3) is 0 Å².